The maximum atomic E-state index is 13.3. The van der Waals surface area contributed by atoms with Crippen molar-refractivity contribution in [2.75, 3.05) is 32.7 Å². The van der Waals surface area contributed by atoms with Crippen molar-refractivity contribution in [3.8, 4) is 0 Å². The number of β-amino-alcohol motifs (C(OH)–C–C–N with tert-alkyl or cyclic N) is 1. The first kappa shape index (κ1) is 23.2. The Balaban J connectivity index is 1.81. The van der Waals surface area contributed by atoms with Gasteiger partial charge in [-0.1, -0.05) is 12.5 Å². The number of benzene rings is 1. The number of piperazine rings is 1. The smallest absolute Gasteiger partial charge is 0.254 e. The van der Waals surface area contributed by atoms with Gasteiger partial charge in [-0.3, -0.25) is 9.69 Å². The Bertz CT molecular complexity index is 871. The minimum absolute atomic E-state index is 0.0213. The van der Waals surface area contributed by atoms with E-state index < -0.39 is 16.1 Å². The molecule has 2 heterocycles. The van der Waals surface area contributed by atoms with Gasteiger partial charge in [-0.25, -0.2) is 8.42 Å². The Hall–Kier alpha value is -1.48. The molecule has 2 aliphatic rings. The van der Waals surface area contributed by atoms with E-state index in [2.05, 4.69) is 4.90 Å². The average molecular weight is 438 g/mol. The highest BCUT2D eigenvalue weighted by molar-refractivity contribution is 7.89. The number of rotatable bonds is 5. The van der Waals surface area contributed by atoms with E-state index in [9.17, 15) is 18.3 Å². The van der Waals surface area contributed by atoms with Crippen molar-refractivity contribution >= 4 is 15.9 Å². The van der Waals surface area contributed by atoms with Crippen LogP contribution in [0.3, 0.4) is 0 Å². The van der Waals surface area contributed by atoms with E-state index in [4.69, 9.17) is 0 Å². The van der Waals surface area contributed by atoms with Gasteiger partial charge < -0.3 is 10.0 Å². The summed E-state index contributed by atoms with van der Waals surface area (Å²) in [4.78, 5) is 17.4. The number of piperidine rings is 1. The van der Waals surface area contributed by atoms with Crippen LogP contribution in [-0.2, 0) is 10.0 Å². The second kappa shape index (κ2) is 9.34. The second-order valence-electron chi connectivity index (χ2n) is 8.88. The van der Waals surface area contributed by atoms with E-state index in [0.717, 1.165) is 24.8 Å². The molecule has 0 saturated carbocycles. The Morgan fingerprint density at radius 3 is 2.53 bits per heavy atom. The molecule has 7 nitrogen and oxygen atoms in total. The van der Waals surface area contributed by atoms with Crippen LogP contribution in [0.15, 0.2) is 23.1 Å². The first-order chi connectivity index (χ1) is 14.1. The van der Waals surface area contributed by atoms with Crippen LogP contribution in [-0.4, -0.2) is 84.4 Å². The van der Waals surface area contributed by atoms with Gasteiger partial charge in [0.1, 0.15) is 0 Å². The highest BCUT2D eigenvalue weighted by atomic mass is 32.2. The highest BCUT2D eigenvalue weighted by Crippen LogP contribution is 2.27. The summed E-state index contributed by atoms with van der Waals surface area (Å²) in [5, 5.41) is 9.66. The molecule has 30 heavy (non-hydrogen) atoms. The van der Waals surface area contributed by atoms with E-state index in [1.807, 2.05) is 20.8 Å². The monoisotopic (exact) mass is 437 g/mol. The van der Waals surface area contributed by atoms with E-state index >= 15 is 0 Å². The Labute approximate surface area is 180 Å². The van der Waals surface area contributed by atoms with Crippen molar-refractivity contribution in [2.45, 2.75) is 70.0 Å². The molecule has 1 amide bonds. The van der Waals surface area contributed by atoms with Crippen molar-refractivity contribution < 1.29 is 18.3 Å². The van der Waals surface area contributed by atoms with Crippen LogP contribution >= 0.6 is 0 Å². The fraction of sp³-hybridized carbons (Fsp3) is 0.682. The molecule has 3 atom stereocenters. The van der Waals surface area contributed by atoms with E-state index in [-0.39, 0.29) is 22.9 Å². The van der Waals surface area contributed by atoms with Gasteiger partial charge in [0.2, 0.25) is 10.0 Å². The van der Waals surface area contributed by atoms with Crippen molar-refractivity contribution in [2.24, 2.45) is 0 Å². The number of hydrogen-bond acceptors (Lipinski definition) is 5. The largest absolute Gasteiger partial charge is 0.392 e. The molecule has 2 fully saturated rings. The van der Waals surface area contributed by atoms with Crippen molar-refractivity contribution in [1.82, 2.24) is 14.1 Å². The van der Waals surface area contributed by atoms with E-state index in [0.29, 0.717) is 38.3 Å². The molecular weight excluding hydrogens is 402 g/mol. The zero-order valence-corrected chi connectivity index (χ0v) is 19.4. The number of hydrogen-bond donors (Lipinski definition) is 1. The van der Waals surface area contributed by atoms with Gasteiger partial charge in [-0.2, -0.15) is 4.31 Å². The minimum Gasteiger partial charge on any atom is -0.392 e. The maximum Gasteiger partial charge on any atom is 0.254 e. The molecular formula is C22H35N3O4S. The number of carbonyl (C=O) groups is 1. The Morgan fingerprint density at radius 1 is 1.17 bits per heavy atom. The summed E-state index contributed by atoms with van der Waals surface area (Å²) in [6.45, 7) is 10.6. The highest BCUT2D eigenvalue weighted by Gasteiger charge is 2.33. The van der Waals surface area contributed by atoms with E-state index in [1.54, 1.807) is 34.3 Å². The molecule has 0 aromatic heterocycles. The third-order valence-electron chi connectivity index (χ3n) is 6.34. The quantitative estimate of drug-likeness (QED) is 0.763. The lowest BCUT2D eigenvalue weighted by Gasteiger charge is -2.40. The summed E-state index contributed by atoms with van der Waals surface area (Å²) in [5.74, 6) is -0.125. The van der Waals surface area contributed by atoms with Crippen LogP contribution in [0, 0.1) is 6.92 Å². The summed E-state index contributed by atoms with van der Waals surface area (Å²) in [7, 11) is -3.62. The lowest BCUT2D eigenvalue weighted by Crippen LogP contribution is -2.55. The average Bonchev–Trinajstić information content (AvgIpc) is 2.69. The number of sulfonamides is 1. The van der Waals surface area contributed by atoms with E-state index in [1.165, 1.54) is 0 Å². The number of carbonyl (C=O) groups excluding carboxylic acids is 1. The molecule has 0 bridgehead atoms. The van der Waals surface area contributed by atoms with Crippen LogP contribution < -0.4 is 0 Å². The number of aliphatic hydroxyl groups is 1. The van der Waals surface area contributed by atoms with Crippen molar-refractivity contribution in [1.29, 1.82) is 0 Å². The number of aliphatic hydroxyl groups excluding tert-OH is 1. The van der Waals surface area contributed by atoms with Gasteiger partial charge in [-0.15, -0.1) is 0 Å². The fourth-order valence-electron chi connectivity index (χ4n) is 4.52. The van der Waals surface area contributed by atoms with Crippen LogP contribution in [0.4, 0.5) is 0 Å². The minimum atomic E-state index is -3.62. The van der Waals surface area contributed by atoms with Crippen LogP contribution in [0.25, 0.3) is 0 Å². The molecule has 1 aromatic carbocycles. The first-order valence-corrected chi connectivity index (χ1v) is 12.4. The Kier molecular flexibility index (Phi) is 7.22. The van der Waals surface area contributed by atoms with Gasteiger partial charge in [0.25, 0.3) is 5.91 Å². The third-order valence-corrected chi connectivity index (χ3v) is 8.35. The number of aryl methyl sites for hydroxylation is 1. The molecule has 2 aliphatic heterocycles. The van der Waals surface area contributed by atoms with Gasteiger partial charge >= 0.3 is 0 Å². The number of nitrogens with zero attached hydrogens (tertiary/aromatic N) is 3. The zero-order valence-electron chi connectivity index (χ0n) is 18.5. The lowest BCUT2D eigenvalue weighted by atomic mass is 10.1. The predicted molar refractivity (Wildman–Crippen MR) is 117 cm³/mol. The predicted octanol–water partition coefficient (Wildman–Crippen LogP) is 2.09. The lowest BCUT2D eigenvalue weighted by molar-refractivity contribution is 0.0364. The summed E-state index contributed by atoms with van der Waals surface area (Å²) < 4.78 is 28.0. The molecule has 0 radical (unpaired) electrons. The molecule has 1 N–H and O–H groups in total. The summed E-state index contributed by atoms with van der Waals surface area (Å²) in [5.41, 5.74) is 1.24. The van der Waals surface area contributed by atoms with Crippen molar-refractivity contribution in [3.05, 3.63) is 29.3 Å². The molecule has 3 rings (SSSR count). The van der Waals surface area contributed by atoms with Crippen LogP contribution in [0.2, 0.25) is 0 Å². The molecule has 2 saturated heterocycles. The normalized spacial score (nSPS) is 25.3. The summed E-state index contributed by atoms with van der Waals surface area (Å²) in [6.07, 6.45) is 2.38. The van der Waals surface area contributed by atoms with Crippen LogP contribution in [0.1, 0.15) is 56.0 Å². The maximum absolute atomic E-state index is 13.3. The molecule has 0 unspecified atom stereocenters. The summed E-state index contributed by atoms with van der Waals surface area (Å²) >= 11 is 0. The first-order valence-electron chi connectivity index (χ1n) is 10.9. The fourth-order valence-corrected chi connectivity index (χ4v) is 6.24. The van der Waals surface area contributed by atoms with Gasteiger partial charge in [0, 0.05) is 50.4 Å². The number of amides is 1. The molecule has 1 aromatic rings. The van der Waals surface area contributed by atoms with Gasteiger partial charge in [0.15, 0.2) is 0 Å². The molecule has 0 aliphatic carbocycles. The molecule has 0 spiro atoms. The Morgan fingerprint density at radius 2 is 1.90 bits per heavy atom. The zero-order chi connectivity index (χ0) is 22.1. The second-order valence-corrected chi connectivity index (χ2v) is 10.8. The SMILES string of the molecule is Cc1ccc(S(=O)(=O)N2CCCC[C@@H]2C)cc1C(=O)N1CCN(C[C@@H](C)O)[C@@H](C)C1. The van der Waals surface area contributed by atoms with Crippen LogP contribution in [0.5, 0.6) is 0 Å². The topological polar surface area (TPSA) is 81.2 Å². The van der Waals surface area contributed by atoms with Gasteiger partial charge in [-0.05, 0) is 58.2 Å². The third kappa shape index (κ3) is 4.88. The van der Waals surface area contributed by atoms with Crippen molar-refractivity contribution in [3.63, 3.8) is 0 Å². The molecule has 8 heteroatoms. The molecule has 168 valence electrons. The van der Waals surface area contributed by atoms with Gasteiger partial charge in [0.05, 0.1) is 11.0 Å². The standard InChI is InChI=1S/C22H35N3O4S/c1-16-8-9-20(30(28,29)25-10-6-5-7-17(25)2)13-21(16)22(27)24-12-11-23(15-19(4)26)18(3)14-24/h8-9,13,17-19,26H,5-7,10-12,14-15H2,1-4H3/t17-,18-,19+/m0/s1. The summed E-state index contributed by atoms with van der Waals surface area (Å²) in [6, 6.07) is 5.03.